The Bertz CT molecular complexity index is 1070. The molecule has 0 unspecified atom stereocenters. The van der Waals surface area contributed by atoms with Gasteiger partial charge in [0.2, 0.25) is 0 Å². The molecule has 0 aliphatic rings. The molecule has 5 nitrogen and oxygen atoms in total. The number of benzene rings is 2. The SMILES string of the molecule is O=C(OCc1cc(-c2ccc(Cl)cc2Cl)no1)c1cc2ccccc2[nH]1. The van der Waals surface area contributed by atoms with Crippen LogP contribution in [-0.4, -0.2) is 16.1 Å². The number of carbonyl (C=O) groups is 1. The highest BCUT2D eigenvalue weighted by molar-refractivity contribution is 6.36. The summed E-state index contributed by atoms with van der Waals surface area (Å²) in [5.74, 6) is -0.0563. The molecular formula is C19H12Cl2N2O3. The largest absolute Gasteiger partial charge is 0.453 e. The van der Waals surface area contributed by atoms with Gasteiger partial charge in [-0.3, -0.25) is 0 Å². The number of hydrogen-bond donors (Lipinski definition) is 1. The van der Waals surface area contributed by atoms with E-state index < -0.39 is 5.97 Å². The first-order valence-corrected chi connectivity index (χ1v) is 8.51. The van der Waals surface area contributed by atoms with E-state index in [1.165, 1.54) is 0 Å². The van der Waals surface area contributed by atoms with Gasteiger partial charge in [-0.05, 0) is 30.3 Å². The maximum atomic E-state index is 12.2. The summed E-state index contributed by atoms with van der Waals surface area (Å²) < 4.78 is 10.5. The van der Waals surface area contributed by atoms with Gasteiger partial charge in [0.15, 0.2) is 12.4 Å². The van der Waals surface area contributed by atoms with Crippen LogP contribution in [0, 0.1) is 0 Å². The van der Waals surface area contributed by atoms with E-state index in [0.717, 1.165) is 10.9 Å². The average Bonchev–Trinajstić information content (AvgIpc) is 3.26. The summed E-state index contributed by atoms with van der Waals surface area (Å²) in [7, 11) is 0. The Morgan fingerprint density at radius 2 is 1.96 bits per heavy atom. The lowest BCUT2D eigenvalue weighted by atomic mass is 10.1. The summed E-state index contributed by atoms with van der Waals surface area (Å²) in [5, 5.41) is 5.91. The molecule has 0 radical (unpaired) electrons. The number of rotatable bonds is 4. The van der Waals surface area contributed by atoms with Gasteiger partial charge in [-0.2, -0.15) is 0 Å². The van der Waals surface area contributed by atoms with Gasteiger partial charge in [0, 0.05) is 27.6 Å². The van der Waals surface area contributed by atoms with Crippen LogP contribution in [0.15, 0.2) is 59.1 Å². The van der Waals surface area contributed by atoms with Crippen molar-refractivity contribution in [3.8, 4) is 11.3 Å². The van der Waals surface area contributed by atoms with E-state index in [9.17, 15) is 4.79 Å². The fourth-order valence-electron chi connectivity index (χ4n) is 2.60. The second kappa shape index (κ2) is 6.86. The molecule has 0 saturated heterocycles. The minimum Gasteiger partial charge on any atom is -0.453 e. The lowest BCUT2D eigenvalue weighted by Crippen LogP contribution is -2.05. The minimum absolute atomic E-state index is 0.0353. The van der Waals surface area contributed by atoms with Gasteiger partial charge in [-0.25, -0.2) is 4.79 Å². The predicted molar refractivity (Wildman–Crippen MR) is 99.4 cm³/mol. The molecule has 130 valence electrons. The third kappa shape index (κ3) is 3.31. The zero-order chi connectivity index (χ0) is 18.1. The Balaban J connectivity index is 1.46. The first-order valence-electron chi connectivity index (χ1n) is 7.76. The molecule has 0 aliphatic carbocycles. The number of halogens is 2. The number of nitrogens with zero attached hydrogens (tertiary/aromatic N) is 1. The Morgan fingerprint density at radius 1 is 1.12 bits per heavy atom. The summed E-state index contributed by atoms with van der Waals surface area (Å²) in [6, 6.07) is 16.1. The molecule has 0 fully saturated rings. The number of esters is 1. The topological polar surface area (TPSA) is 68.1 Å². The van der Waals surface area contributed by atoms with Crippen molar-refractivity contribution in [2.75, 3.05) is 0 Å². The van der Waals surface area contributed by atoms with Gasteiger partial charge in [0.1, 0.15) is 11.4 Å². The number of fused-ring (bicyclic) bond motifs is 1. The second-order valence-electron chi connectivity index (χ2n) is 5.65. The summed E-state index contributed by atoms with van der Waals surface area (Å²) in [6.45, 7) is -0.0353. The molecule has 0 amide bonds. The van der Waals surface area contributed by atoms with Gasteiger partial charge in [-0.15, -0.1) is 0 Å². The fourth-order valence-corrected chi connectivity index (χ4v) is 3.11. The summed E-state index contributed by atoms with van der Waals surface area (Å²) in [5.41, 5.74) is 2.49. The van der Waals surface area contributed by atoms with Crippen molar-refractivity contribution in [2.45, 2.75) is 6.61 Å². The molecule has 1 N–H and O–H groups in total. The standard InChI is InChI=1S/C19H12Cl2N2O3/c20-12-5-6-14(15(21)8-12)17-9-13(26-23-17)10-25-19(24)18-7-11-3-1-2-4-16(11)22-18/h1-9,22H,10H2. The maximum absolute atomic E-state index is 12.2. The first kappa shape index (κ1) is 16.7. The minimum atomic E-state index is -0.469. The van der Waals surface area contributed by atoms with Crippen LogP contribution >= 0.6 is 23.2 Å². The Kier molecular flexibility index (Phi) is 4.41. The van der Waals surface area contributed by atoms with Crippen molar-refractivity contribution >= 4 is 40.1 Å². The normalized spacial score (nSPS) is 11.0. The molecule has 4 aromatic rings. The number of carbonyl (C=O) groups excluding carboxylic acids is 1. The van der Waals surface area contributed by atoms with Crippen LogP contribution in [0.3, 0.4) is 0 Å². The van der Waals surface area contributed by atoms with Crippen molar-refractivity contribution in [2.24, 2.45) is 0 Å². The first-order chi connectivity index (χ1) is 12.6. The molecule has 0 atom stereocenters. The molecule has 0 saturated carbocycles. The van der Waals surface area contributed by atoms with Gasteiger partial charge in [0.05, 0.1) is 5.02 Å². The molecule has 7 heteroatoms. The third-order valence-electron chi connectivity index (χ3n) is 3.86. The van der Waals surface area contributed by atoms with Crippen LogP contribution in [0.2, 0.25) is 10.0 Å². The highest BCUT2D eigenvalue weighted by Gasteiger charge is 2.14. The van der Waals surface area contributed by atoms with Crippen LogP contribution in [0.25, 0.3) is 22.2 Å². The van der Waals surface area contributed by atoms with E-state index >= 15 is 0 Å². The number of para-hydroxylation sites is 1. The summed E-state index contributed by atoms with van der Waals surface area (Å²) >= 11 is 12.1. The van der Waals surface area contributed by atoms with Gasteiger partial charge >= 0.3 is 5.97 Å². The van der Waals surface area contributed by atoms with Crippen molar-refractivity contribution in [3.63, 3.8) is 0 Å². The zero-order valence-electron chi connectivity index (χ0n) is 13.3. The Morgan fingerprint density at radius 3 is 2.77 bits per heavy atom. The van der Waals surface area contributed by atoms with E-state index in [1.54, 1.807) is 30.3 Å². The average molecular weight is 387 g/mol. The lowest BCUT2D eigenvalue weighted by molar-refractivity contribution is 0.0431. The fraction of sp³-hybridized carbons (Fsp3) is 0.0526. The Labute approximate surface area is 158 Å². The predicted octanol–water partition coefficient (Wildman–Crippen LogP) is 5.49. The molecule has 4 rings (SSSR count). The second-order valence-corrected chi connectivity index (χ2v) is 6.49. The summed E-state index contributed by atoms with van der Waals surface area (Å²) in [4.78, 5) is 15.2. The van der Waals surface area contributed by atoms with Gasteiger partial charge < -0.3 is 14.2 Å². The van der Waals surface area contributed by atoms with Gasteiger partial charge in [0.25, 0.3) is 0 Å². The number of hydrogen-bond acceptors (Lipinski definition) is 4. The van der Waals surface area contributed by atoms with Crippen molar-refractivity contribution in [1.82, 2.24) is 10.1 Å². The number of ether oxygens (including phenoxy) is 1. The number of aromatic amines is 1. The molecule has 2 aromatic heterocycles. The molecule has 26 heavy (non-hydrogen) atoms. The van der Waals surface area contributed by atoms with Gasteiger partial charge in [-0.1, -0.05) is 46.6 Å². The third-order valence-corrected chi connectivity index (χ3v) is 4.41. The molecule has 0 aliphatic heterocycles. The quantitative estimate of drug-likeness (QED) is 0.471. The van der Waals surface area contributed by atoms with Crippen LogP contribution in [0.4, 0.5) is 0 Å². The van der Waals surface area contributed by atoms with Crippen molar-refractivity contribution < 1.29 is 14.1 Å². The van der Waals surface area contributed by atoms with Crippen LogP contribution in [0.5, 0.6) is 0 Å². The van der Waals surface area contributed by atoms with Crippen LogP contribution < -0.4 is 0 Å². The van der Waals surface area contributed by atoms with E-state index in [-0.39, 0.29) is 6.61 Å². The van der Waals surface area contributed by atoms with Crippen molar-refractivity contribution in [3.05, 3.63) is 76.1 Å². The van der Waals surface area contributed by atoms with E-state index in [0.29, 0.717) is 32.8 Å². The maximum Gasteiger partial charge on any atom is 0.355 e. The van der Waals surface area contributed by atoms with E-state index in [2.05, 4.69) is 10.1 Å². The highest BCUT2D eigenvalue weighted by atomic mass is 35.5. The van der Waals surface area contributed by atoms with E-state index in [1.807, 2.05) is 24.3 Å². The highest BCUT2D eigenvalue weighted by Crippen LogP contribution is 2.30. The number of H-pyrrole nitrogens is 1. The smallest absolute Gasteiger partial charge is 0.355 e. The Hall–Kier alpha value is -2.76. The monoisotopic (exact) mass is 386 g/mol. The number of nitrogens with one attached hydrogen (secondary N) is 1. The lowest BCUT2D eigenvalue weighted by Gasteiger charge is -2.00. The van der Waals surface area contributed by atoms with Crippen LogP contribution in [-0.2, 0) is 11.3 Å². The number of aromatic nitrogens is 2. The van der Waals surface area contributed by atoms with Crippen molar-refractivity contribution in [1.29, 1.82) is 0 Å². The molecule has 2 heterocycles. The van der Waals surface area contributed by atoms with Crippen LogP contribution in [0.1, 0.15) is 16.2 Å². The zero-order valence-corrected chi connectivity index (χ0v) is 14.8. The van der Waals surface area contributed by atoms with E-state index in [4.69, 9.17) is 32.5 Å². The molecular weight excluding hydrogens is 375 g/mol. The summed E-state index contributed by atoms with van der Waals surface area (Å²) in [6.07, 6.45) is 0. The molecule has 0 bridgehead atoms. The molecule has 0 spiro atoms. The molecule has 2 aromatic carbocycles.